The second kappa shape index (κ2) is 12.6. The molecule has 2 N–H and O–H groups in total. The summed E-state index contributed by atoms with van der Waals surface area (Å²) in [5, 5.41) is 12.2. The molecule has 10 heteroatoms. The molecule has 0 bridgehead atoms. The van der Waals surface area contributed by atoms with Crippen molar-refractivity contribution < 1.29 is 18.3 Å². The van der Waals surface area contributed by atoms with E-state index in [1.54, 1.807) is 6.07 Å². The molecule has 1 aliphatic heterocycles. The largest absolute Gasteiger partial charge is 0.389 e. The lowest BCUT2D eigenvalue weighted by atomic mass is 9.85. The number of rotatable bonds is 8. The molecule has 5 rings (SSSR count). The van der Waals surface area contributed by atoms with Crippen LogP contribution in [0.15, 0.2) is 41.3 Å². The number of carbonyl (C=O) groups is 1. The van der Waals surface area contributed by atoms with Crippen LogP contribution in [-0.2, 0) is 16.4 Å². The van der Waals surface area contributed by atoms with Crippen molar-refractivity contribution in [1.29, 1.82) is 0 Å². The summed E-state index contributed by atoms with van der Waals surface area (Å²) in [6.45, 7) is 12.3. The van der Waals surface area contributed by atoms with Gasteiger partial charge in [-0.25, -0.2) is 18.1 Å². The smallest absolute Gasteiger partial charge is 0.282 e. The predicted molar refractivity (Wildman–Crippen MR) is 174 cm³/mol. The van der Waals surface area contributed by atoms with E-state index in [9.17, 15) is 18.3 Å². The third kappa shape index (κ3) is 7.84. The van der Waals surface area contributed by atoms with Crippen LogP contribution in [0.25, 0.3) is 21.2 Å². The van der Waals surface area contributed by atoms with E-state index in [2.05, 4.69) is 9.62 Å². The molecule has 2 aliphatic rings. The molecule has 1 aliphatic carbocycles. The zero-order valence-electron chi connectivity index (χ0n) is 26.1. The highest BCUT2D eigenvalue weighted by molar-refractivity contribution is 7.89. The van der Waals surface area contributed by atoms with Gasteiger partial charge < -0.3 is 10.0 Å². The lowest BCUT2D eigenvalue weighted by molar-refractivity contribution is 0.0178. The Morgan fingerprint density at radius 2 is 1.63 bits per heavy atom. The van der Waals surface area contributed by atoms with E-state index in [0.29, 0.717) is 49.0 Å². The molecule has 3 aromatic rings. The minimum absolute atomic E-state index is 0.0538. The minimum Gasteiger partial charge on any atom is -0.389 e. The first-order valence-corrected chi connectivity index (χ1v) is 17.8. The Labute approximate surface area is 260 Å². The molecule has 2 fully saturated rings. The molecule has 0 atom stereocenters. The molecule has 1 amide bonds. The number of thiazole rings is 1. The van der Waals surface area contributed by atoms with Crippen LogP contribution in [0.1, 0.15) is 82.2 Å². The lowest BCUT2D eigenvalue weighted by Crippen LogP contribution is -2.52. The molecule has 43 heavy (non-hydrogen) atoms. The number of hydrogen-bond donors (Lipinski definition) is 2. The molecule has 0 spiro atoms. The van der Waals surface area contributed by atoms with Gasteiger partial charge in [-0.05, 0) is 58.4 Å². The highest BCUT2D eigenvalue weighted by Gasteiger charge is 2.30. The highest BCUT2D eigenvalue weighted by Crippen LogP contribution is 2.40. The number of nitrogens with zero attached hydrogens (tertiary/aromatic N) is 3. The van der Waals surface area contributed by atoms with Crippen LogP contribution < -0.4 is 4.72 Å². The number of piperazine rings is 1. The number of sulfonamides is 1. The van der Waals surface area contributed by atoms with E-state index >= 15 is 0 Å². The van der Waals surface area contributed by atoms with Gasteiger partial charge in [0.1, 0.15) is 0 Å². The minimum atomic E-state index is -3.76. The van der Waals surface area contributed by atoms with Crippen LogP contribution in [0.5, 0.6) is 0 Å². The van der Waals surface area contributed by atoms with Crippen LogP contribution in [0.4, 0.5) is 0 Å². The molecule has 1 saturated heterocycles. The van der Waals surface area contributed by atoms with E-state index in [-0.39, 0.29) is 10.8 Å². The Balaban J connectivity index is 1.51. The van der Waals surface area contributed by atoms with Crippen molar-refractivity contribution in [1.82, 2.24) is 19.5 Å². The molecule has 0 unspecified atom stereocenters. The first-order chi connectivity index (χ1) is 20.2. The maximum atomic E-state index is 13.8. The summed E-state index contributed by atoms with van der Waals surface area (Å²) in [5.74, 6) is 0.478. The fourth-order valence-electron chi connectivity index (χ4n) is 6.41. The van der Waals surface area contributed by atoms with Crippen LogP contribution >= 0.6 is 11.3 Å². The summed E-state index contributed by atoms with van der Waals surface area (Å²) in [4.78, 5) is 24.1. The lowest BCUT2D eigenvalue weighted by Gasteiger charge is -2.36. The molecular formula is C33H46N4O4S2. The number of benzene rings is 2. The maximum absolute atomic E-state index is 13.8. The number of amides is 1. The van der Waals surface area contributed by atoms with E-state index in [1.165, 1.54) is 43.4 Å². The molecule has 8 nitrogen and oxygen atoms in total. The van der Waals surface area contributed by atoms with Gasteiger partial charge in [0.15, 0.2) is 5.01 Å². The van der Waals surface area contributed by atoms with Gasteiger partial charge in [0.2, 0.25) is 10.0 Å². The van der Waals surface area contributed by atoms with E-state index in [1.807, 2.05) is 69.9 Å². The van der Waals surface area contributed by atoms with Gasteiger partial charge in [0, 0.05) is 49.2 Å². The first-order valence-electron chi connectivity index (χ1n) is 15.5. The fourth-order valence-corrected chi connectivity index (χ4v) is 9.14. The van der Waals surface area contributed by atoms with E-state index in [4.69, 9.17) is 4.98 Å². The third-order valence-electron chi connectivity index (χ3n) is 8.22. The predicted octanol–water partition coefficient (Wildman–Crippen LogP) is 5.69. The number of carbonyl (C=O) groups excluding carboxylic acids is 1. The number of aliphatic hydroxyl groups is 1. The number of hydrogen-bond acceptors (Lipinski definition) is 7. The van der Waals surface area contributed by atoms with Crippen LogP contribution in [-0.4, -0.2) is 78.1 Å². The average molecular weight is 627 g/mol. The van der Waals surface area contributed by atoms with Gasteiger partial charge in [0.25, 0.3) is 5.91 Å². The van der Waals surface area contributed by atoms with Gasteiger partial charge in [-0.1, -0.05) is 62.4 Å². The summed E-state index contributed by atoms with van der Waals surface area (Å²) < 4.78 is 29.6. The topological polar surface area (TPSA) is 103 Å². The summed E-state index contributed by atoms with van der Waals surface area (Å²) in [7, 11) is -3.76. The van der Waals surface area contributed by atoms with Crippen molar-refractivity contribution in [2.24, 2.45) is 5.92 Å². The summed E-state index contributed by atoms with van der Waals surface area (Å²) in [6.07, 6.45) is 6.87. The van der Waals surface area contributed by atoms with Crippen LogP contribution in [0.3, 0.4) is 0 Å². The third-order valence-corrected chi connectivity index (χ3v) is 11.2. The standard InChI is InChI=1S/C33H46N4O4S2/c1-32(2,3)35-43(40,41)28-16-15-26(24-13-9-10-14-25(24)28)29-27(21-23-11-7-6-8-12-23)34-30(42-29)31(38)37-19-17-36(18-20-37)22-33(4,5)39/h9-10,13-16,23,35,39H,6-8,11-12,17-22H2,1-5H3. The van der Waals surface area contributed by atoms with Crippen molar-refractivity contribution in [3.8, 4) is 10.4 Å². The molecule has 1 aromatic heterocycles. The zero-order valence-corrected chi connectivity index (χ0v) is 27.8. The van der Waals surface area contributed by atoms with Crippen molar-refractivity contribution in [2.75, 3.05) is 32.7 Å². The molecule has 2 aromatic carbocycles. The normalized spacial score (nSPS) is 18.0. The molecule has 234 valence electrons. The number of nitrogens with one attached hydrogen (secondary N) is 1. The summed E-state index contributed by atoms with van der Waals surface area (Å²) in [6, 6.07) is 11.2. The first kappa shape index (κ1) is 32.0. The van der Waals surface area contributed by atoms with Gasteiger partial charge in [-0.3, -0.25) is 9.69 Å². The number of aromatic nitrogens is 1. The number of β-amino-alcohol motifs (C(OH)–C–C–N with tert-alkyl or cyclic N) is 1. The Hall–Kier alpha value is -2.37. The molecule has 1 saturated carbocycles. The van der Waals surface area contributed by atoms with Gasteiger partial charge in [-0.2, -0.15) is 0 Å². The quantitative estimate of drug-likeness (QED) is 0.333. The van der Waals surface area contributed by atoms with Crippen LogP contribution in [0, 0.1) is 5.92 Å². The second-order valence-electron chi connectivity index (χ2n) is 13.9. The Bertz CT molecular complexity index is 1560. The van der Waals surface area contributed by atoms with E-state index < -0.39 is 21.2 Å². The van der Waals surface area contributed by atoms with Gasteiger partial charge in [0.05, 0.1) is 21.1 Å². The average Bonchev–Trinajstić information content (AvgIpc) is 3.34. The Morgan fingerprint density at radius 3 is 2.26 bits per heavy atom. The Kier molecular flexibility index (Phi) is 9.35. The maximum Gasteiger partial charge on any atom is 0.282 e. The molecule has 0 radical (unpaired) electrons. The van der Waals surface area contributed by atoms with Gasteiger partial charge >= 0.3 is 0 Å². The van der Waals surface area contributed by atoms with Crippen molar-refractivity contribution in [3.05, 3.63) is 47.1 Å². The SMILES string of the molecule is CC(C)(O)CN1CCN(C(=O)c2nc(CC3CCCCC3)c(-c3ccc(S(=O)(=O)NC(C)(C)C)c4ccccc34)s2)CC1. The van der Waals surface area contributed by atoms with Crippen molar-refractivity contribution in [3.63, 3.8) is 0 Å². The zero-order chi connectivity index (χ0) is 31.0. The van der Waals surface area contributed by atoms with E-state index in [0.717, 1.165) is 27.9 Å². The second-order valence-corrected chi connectivity index (χ2v) is 16.5. The summed E-state index contributed by atoms with van der Waals surface area (Å²) in [5.41, 5.74) is 0.473. The van der Waals surface area contributed by atoms with Crippen molar-refractivity contribution >= 4 is 38.0 Å². The molecule has 2 heterocycles. The van der Waals surface area contributed by atoms with Crippen LogP contribution in [0.2, 0.25) is 0 Å². The fraction of sp³-hybridized carbons (Fsp3) is 0.576. The monoisotopic (exact) mass is 626 g/mol. The van der Waals surface area contributed by atoms with Gasteiger partial charge in [-0.15, -0.1) is 11.3 Å². The Morgan fingerprint density at radius 1 is 0.977 bits per heavy atom. The summed E-state index contributed by atoms with van der Waals surface area (Å²) >= 11 is 1.43. The van der Waals surface area contributed by atoms with Crippen molar-refractivity contribution in [2.45, 2.75) is 89.2 Å². The molecular weight excluding hydrogens is 581 g/mol. The number of fused-ring (bicyclic) bond motifs is 1. The highest BCUT2D eigenvalue weighted by atomic mass is 32.2.